The van der Waals surface area contributed by atoms with Gasteiger partial charge in [-0.2, -0.15) is 0 Å². The molecule has 0 radical (unpaired) electrons. The molecule has 0 aliphatic heterocycles. The van der Waals surface area contributed by atoms with E-state index < -0.39 is 10.0 Å². The maximum absolute atomic E-state index is 12.5. The van der Waals surface area contributed by atoms with Crippen molar-refractivity contribution in [3.8, 4) is 0 Å². The van der Waals surface area contributed by atoms with E-state index in [2.05, 4.69) is 15.0 Å². The van der Waals surface area contributed by atoms with Crippen LogP contribution in [0.4, 0.5) is 10.8 Å². The van der Waals surface area contributed by atoms with Gasteiger partial charge in [0.25, 0.3) is 15.9 Å². The molecule has 1 aromatic heterocycles. The zero-order chi connectivity index (χ0) is 19.6. The summed E-state index contributed by atoms with van der Waals surface area (Å²) < 4.78 is 27.3. The lowest BCUT2D eigenvalue weighted by atomic mass is 10.2. The Labute approximate surface area is 166 Å². The third kappa shape index (κ3) is 4.65. The molecule has 0 aliphatic rings. The first-order valence-electron chi connectivity index (χ1n) is 7.88. The fourth-order valence-electron chi connectivity index (χ4n) is 2.35. The number of carbonyl (C=O) groups is 1. The highest BCUT2D eigenvalue weighted by atomic mass is 35.5. The van der Waals surface area contributed by atoms with E-state index in [1.807, 2.05) is 25.1 Å². The van der Waals surface area contributed by atoms with Crippen LogP contribution >= 0.6 is 22.9 Å². The molecule has 0 unspecified atom stereocenters. The maximum Gasteiger partial charge on any atom is 0.267 e. The SMILES string of the molecule is Cc1cccc(NC(=O)c2sc(NS(=O)(=O)c3ccc(Cl)cc3)nc2C)c1. The van der Waals surface area contributed by atoms with Crippen molar-refractivity contribution in [2.24, 2.45) is 0 Å². The number of amides is 1. The van der Waals surface area contributed by atoms with Crippen molar-refractivity contribution in [2.45, 2.75) is 18.7 Å². The number of rotatable bonds is 5. The number of hydrogen-bond acceptors (Lipinski definition) is 5. The highest BCUT2D eigenvalue weighted by molar-refractivity contribution is 7.93. The van der Waals surface area contributed by atoms with Gasteiger partial charge in [0.05, 0.1) is 10.6 Å². The van der Waals surface area contributed by atoms with E-state index in [4.69, 9.17) is 11.6 Å². The van der Waals surface area contributed by atoms with Gasteiger partial charge >= 0.3 is 0 Å². The predicted octanol–water partition coefficient (Wildman–Crippen LogP) is 4.47. The highest BCUT2D eigenvalue weighted by Gasteiger charge is 2.20. The van der Waals surface area contributed by atoms with E-state index in [9.17, 15) is 13.2 Å². The van der Waals surface area contributed by atoms with E-state index in [1.54, 1.807) is 13.0 Å². The Bertz CT molecular complexity index is 1090. The number of sulfonamides is 1. The molecule has 140 valence electrons. The largest absolute Gasteiger partial charge is 0.321 e. The smallest absolute Gasteiger partial charge is 0.267 e. The number of aryl methyl sites for hydroxylation is 2. The predicted molar refractivity (Wildman–Crippen MR) is 108 cm³/mol. The average molecular weight is 422 g/mol. The summed E-state index contributed by atoms with van der Waals surface area (Å²) in [5.74, 6) is -0.340. The molecule has 0 atom stereocenters. The second-order valence-electron chi connectivity index (χ2n) is 5.82. The standard InChI is InChI=1S/C18H16ClN3O3S2/c1-11-4-3-5-14(10-11)21-17(23)16-12(2)20-18(26-16)22-27(24,25)15-8-6-13(19)7-9-15/h3-10H,1-2H3,(H,20,22)(H,21,23). The molecule has 9 heteroatoms. The first-order chi connectivity index (χ1) is 12.7. The molecule has 3 aromatic rings. The summed E-state index contributed by atoms with van der Waals surface area (Å²) in [4.78, 5) is 17.1. The molecule has 2 N–H and O–H groups in total. The minimum Gasteiger partial charge on any atom is -0.321 e. The minimum atomic E-state index is -3.82. The van der Waals surface area contributed by atoms with Gasteiger partial charge in [-0.1, -0.05) is 35.1 Å². The number of anilines is 2. The third-order valence-electron chi connectivity index (χ3n) is 3.62. The van der Waals surface area contributed by atoms with Crippen molar-refractivity contribution in [3.05, 3.63) is 69.7 Å². The Kier molecular flexibility index (Phi) is 5.50. The Balaban J connectivity index is 1.79. The number of hydrogen-bond donors (Lipinski definition) is 2. The Morgan fingerprint density at radius 2 is 1.81 bits per heavy atom. The molecule has 6 nitrogen and oxygen atoms in total. The van der Waals surface area contributed by atoms with Crippen LogP contribution in [0.15, 0.2) is 53.4 Å². The second-order valence-corrected chi connectivity index (χ2v) is 8.93. The van der Waals surface area contributed by atoms with Crippen LogP contribution in [0.5, 0.6) is 0 Å². The summed E-state index contributed by atoms with van der Waals surface area (Å²) in [6.07, 6.45) is 0. The summed E-state index contributed by atoms with van der Waals surface area (Å²) in [6.45, 7) is 3.58. The first-order valence-corrected chi connectivity index (χ1v) is 10.6. The zero-order valence-corrected chi connectivity index (χ0v) is 16.9. The Morgan fingerprint density at radius 3 is 2.48 bits per heavy atom. The number of halogens is 1. The minimum absolute atomic E-state index is 0.0607. The molecule has 0 fully saturated rings. The van der Waals surface area contributed by atoms with E-state index in [1.165, 1.54) is 24.3 Å². The van der Waals surface area contributed by atoms with Gasteiger partial charge < -0.3 is 5.32 Å². The van der Waals surface area contributed by atoms with Gasteiger partial charge in [0, 0.05) is 10.7 Å². The molecular formula is C18H16ClN3O3S2. The van der Waals surface area contributed by atoms with Crippen LogP contribution in [0, 0.1) is 13.8 Å². The first kappa shape index (κ1) is 19.3. The summed E-state index contributed by atoms with van der Waals surface area (Å²) in [6, 6.07) is 13.2. The van der Waals surface area contributed by atoms with E-state index in [-0.39, 0.29) is 15.9 Å². The number of aromatic nitrogens is 1. The second kappa shape index (κ2) is 7.67. The van der Waals surface area contributed by atoms with Gasteiger partial charge in [0.2, 0.25) is 0 Å². The van der Waals surface area contributed by atoms with Gasteiger partial charge in [-0.25, -0.2) is 13.4 Å². The lowest BCUT2D eigenvalue weighted by Crippen LogP contribution is -2.12. The van der Waals surface area contributed by atoms with Crippen molar-refractivity contribution in [1.82, 2.24) is 4.98 Å². The fourth-order valence-corrected chi connectivity index (χ4v) is 4.57. The number of nitrogens with one attached hydrogen (secondary N) is 2. The average Bonchev–Trinajstić information content (AvgIpc) is 2.95. The van der Waals surface area contributed by atoms with Crippen LogP contribution < -0.4 is 10.0 Å². The van der Waals surface area contributed by atoms with Crippen molar-refractivity contribution in [2.75, 3.05) is 10.0 Å². The van der Waals surface area contributed by atoms with Gasteiger partial charge in [-0.05, 0) is 55.8 Å². The van der Waals surface area contributed by atoms with E-state index in [0.29, 0.717) is 21.3 Å². The summed E-state index contributed by atoms with van der Waals surface area (Å²) in [7, 11) is -3.82. The topological polar surface area (TPSA) is 88.2 Å². The molecule has 0 aliphatic carbocycles. The van der Waals surface area contributed by atoms with Crippen LogP contribution in [0.3, 0.4) is 0 Å². The van der Waals surface area contributed by atoms with Gasteiger partial charge in [-0.15, -0.1) is 0 Å². The van der Waals surface area contributed by atoms with Crippen molar-refractivity contribution in [1.29, 1.82) is 0 Å². The van der Waals surface area contributed by atoms with Crippen LogP contribution in [-0.4, -0.2) is 19.3 Å². The molecule has 1 heterocycles. The molecule has 0 spiro atoms. The van der Waals surface area contributed by atoms with Crippen LogP contribution in [0.2, 0.25) is 5.02 Å². The summed E-state index contributed by atoms with van der Waals surface area (Å²) in [5.41, 5.74) is 2.13. The molecule has 3 rings (SSSR count). The van der Waals surface area contributed by atoms with Crippen LogP contribution in [0.1, 0.15) is 20.9 Å². The number of thiazole rings is 1. The number of benzene rings is 2. The zero-order valence-electron chi connectivity index (χ0n) is 14.5. The quantitative estimate of drug-likeness (QED) is 0.636. The van der Waals surface area contributed by atoms with Crippen molar-refractivity contribution < 1.29 is 13.2 Å². The molecule has 27 heavy (non-hydrogen) atoms. The number of nitrogens with zero attached hydrogens (tertiary/aromatic N) is 1. The summed E-state index contributed by atoms with van der Waals surface area (Å²) >= 11 is 6.76. The van der Waals surface area contributed by atoms with Crippen LogP contribution in [-0.2, 0) is 10.0 Å². The van der Waals surface area contributed by atoms with Gasteiger partial charge in [0.1, 0.15) is 4.88 Å². The molecule has 0 saturated heterocycles. The summed E-state index contributed by atoms with van der Waals surface area (Å²) in [5, 5.41) is 3.35. The molecule has 0 bridgehead atoms. The lowest BCUT2D eigenvalue weighted by molar-refractivity contribution is 0.103. The maximum atomic E-state index is 12.5. The van der Waals surface area contributed by atoms with Gasteiger partial charge in [0.15, 0.2) is 5.13 Å². The van der Waals surface area contributed by atoms with E-state index >= 15 is 0 Å². The normalized spacial score (nSPS) is 11.2. The highest BCUT2D eigenvalue weighted by Crippen LogP contribution is 2.26. The monoisotopic (exact) mass is 421 g/mol. The molecular weight excluding hydrogens is 406 g/mol. The van der Waals surface area contributed by atoms with Crippen LogP contribution in [0.25, 0.3) is 0 Å². The molecule has 1 amide bonds. The third-order valence-corrected chi connectivity index (χ3v) is 6.43. The lowest BCUT2D eigenvalue weighted by Gasteiger charge is -2.05. The van der Waals surface area contributed by atoms with Gasteiger partial charge in [-0.3, -0.25) is 9.52 Å². The Hall–Kier alpha value is -2.42. The van der Waals surface area contributed by atoms with E-state index in [0.717, 1.165) is 16.9 Å². The molecule has 2 aromatic carbocycles. The van der Waals surface area contributed by atoms with Crippen molar-refractivity contribution in [3.63, 3.8) is 0 Å². The number of carbonyl (C=O) groups excluding carboxylic acids is 1. The fraction of sp³-hybridized carbons (Fsp3) is 0.111. The Morgan fingerprint density at radius 1 is 1.11 bits per heavy atom. The molecule has 0 saturated carbocycles. The van der Waals surface area contributed by atoms with Crippen molar-refractivity contribution >= 4 is 49.7 Å².